The molecule has 0 saturated heterocycles. The Morgan fingerprint density at radius 2 is 2.00 bits per heavy atom. The fourth-order valence-corrected chi connectivity index (χ4v) is 3.03. The standard InChI is InChI=1S/C19H24FN3O2/c1-12(2)17-10-16(21-22(17)3)19(25)23(15-8-9-15)11-18(24)13-4-6-14(20)7-5-13/h4-7,10,12,15,18,24H,8-9,11H2,1-3H3. The minimum absolute atomic E-state index is 0.145. The van der Waals surface area contributed by atoms with E-state index in [9.17, 15) is 14.3 Å². The molecule has 1 aromatic carbocycles. The van der Waals surface area contributed by atoms with E-state index in [4.69, 9.17) is 0 Å². The third-order valence-corrected chi connectivity index (χ3v) is 4.60. The summed E-state index contributed by atoms with van der Waals surface area (Å²) in [4.78, 5) is 14.6. The zero-order valence-corrected chi connectivity index (χ0v) is 14.8. The lowest BCUT2D eigenvalue weighted by atomic mass is 10.1. The molecule has 1 amide bonds. The molecular weight excluding hydrogens is 321 g/mol. The first-order valence-corrected chi connectivity index (χ1v) is 8.65. The van der Waals surface area contributed by atoms with E-state index < -0.39 is 6.10 Å². The van der Waals surface area contributed by atoms with Crippen LogP contribution in [0.4, 0.5) is 4.39 Å². The zero-order chi connectivity index (χ0) is 18.1. The van der Waals surface area contributed by atoms with Crippen LogP contribution < -0.4 is 0 Å². The number of carbonyl (C=O) groups is 1. The Kier molecular flexibility index (Phi) is 4.90. The van der Waals surface area contributed by atoms with Gasteiger partial charge in [-0.15, -0.1) is 0 Å². The fourth-order valence-electron chi connectivity index (χ4n) is 3.03. The molecule has 1 unspecified atom stereocenters. The average molecular weight is 345 g/mol. The molecule has 25 heavy (non-hydrogen) atoms. The van der Waals surface area contributed by atoms with E-state index in [1.165, 1.54) is 12.1 Å². The van der Waals surface area contributed by atoms with Gasteiger partial charge in [-0.25, -0.2) is 4.39 Å². The number of aryl methyl sites for hydroxylation is 1. The number of nitrogens with zero attached hydrogens (tertiary/aromatic N) is 3. The minimum atomic E-state index is -0.849. The molecule has 1 heterocycles. The van der Waals surface area contributed by atoms with Gasteiger partial charge in [-0.3, -0.25) is 9.48 Å². The average Bonchev–Trinajstić information content (AvgIpc) is 3.33. The third-order valence-electron chi connectivity index (χ3n) is 4.60. The van der Waals surface area contributed by atoms with Gasteiger partial charge in [0.25, 0.3) is 5.91 Å². The molecule has 0 radical (unpaired) electrons. The van der Waals surface area contributed by atoms with Crippen LogP contribution in [0.1, 0.15) is 60.5 Å². The second-order valence-corrected chi connectivity index (χ2v) is 6.99. The van der Waals surface area contributed by atoms with Crippen molar-refractivity contribution >= 4 is 5.91 Å². The van der Waals surface area contributed by atoms with Crippen molar-refractivity contribution in [3.8, 4) is 0 Å². The number of aromatic nitrogens is 2. The van der Waals surface area contributed by atoms with Crippen molar-refractivity contribution in [2.24, 2.45) is 7.05 Å². The van der Waals surface area contributed by atoms with Crippen molar-refractivity contribution in [3.05, 3.63) is 53.1 Å². The Hall–Kier alpha value is -2.21. The topological polar surface area (TPSA) is 58.4 Å². The van der Waals surface area contributed by atoms with E-state index in [1.54, 1.807) is 21.7 Å². The summed E-state index contributed by atoms with van der Waals surface area (Å²) in [6.07, 6.45) is 1.02. The Bertz CT molecular complexity index is 751. The van der Waals surface area contributed by atoms with Gasteiger partial charge in [0.15, 0.2) is 5.69 Å². The van der Waals surface area contributed by atoms with Crippen molar-refractivity contribution in [2.45, 2.75) is 44.8 Å². The lowest BCUT2D eigenvalue weighted by Gasteiger charge is -2.24. The molecule has 134 valence electrons. The number of benzene rings is 1. The molecule has 1 saturated carbocycles. The summed E-state index contributed by atoms with van der Waals surface area (Å²) in [5, 5.41) is 14.8. The van der Waals surface area contributed by atoms with Crippen molar-refractivity contribution in [1.29, 1.82) is 0 Å². The number of aliphatic hydroxyl groups excluding tert-OH is 1. The highest BCUT2D eigenvalue weighted by Crippen LogP contribution is 2.30. The quantitative estimate of drug-likeness (QED) is 0.875. The number of hydrogen-bond acceptors (Lipinski definition) is 3. The maximum absolute atomic E-state index is 13.0. The number of halogens is 1. The summed E-state index contributed by atoms with van der Waals surface area (Å²) in [7, 11) is 1.83. The number of carbonyl (C=O) groups excluding carboxylic acids is 1. The van der Waals surface area contributed by atoms with Crippen molar-refractivity contribution < 1.29 is 14.3 Å². The Morgan fingerprint density at radius 1 is 1.36 bits per heavy atom. The van der Waals surface area contributed by atoms with Gasteiger partial charge >= 0.3 is 0 Å². The lowest BCUT2D eigenvalue weighted by molar-refractivity contribution is 0.0597. The SMILES string of the molecule is CC(C)c1cc(C(=O)N(CC(O)c2ccc(F)cc2)C2CC2)nn1C. The van der Waals surface area contributed by atoms with E-state index in [0.717, 1.165) is 18.5 Å². The maximum atomic E-state index is 13.0. The minimum Gasteiger partial charge on any atom is -0.387 e. The molecule has 0 spiro atoms. The van der Waals surface area contributed by atoms with Crippen LogP contribution in [0.5, 0.6) is 0 Å². The number of hydrogen-bond donors (Lipinski definition) is 1. The van der Waals surface area contributed by atoms with Gasteiger partial charge in [0.05, 0.1) is 12.6 Å². The molecule has 6 heteroatoms. The number of rotatable bonds is 6. The summed E-state index contributed by atoms with van der Waals surface area (Å²) in [6.45, 7) is 4.30. The highest BCUT2D eigenvalue weighted by molar-refractivity contribution is 5.93. The van der Waals surface area contributed by atoms with Gasteiger partial charge in [0, 0.05) is 18.8 Å². The first-order chi connectivity index (χ1) is 11.9. The van der Waals surface area contributed by atoms with Gasteiger partial charge in [0.2, 0.25) is 0 Å². The Labute approximate surface area is 147 Å². The molecule has 1 N–H and O–H groups in total. The van der Waals surface area contributed by atoms with E-state index >= 15 is 0 Å². The molecule has 1 atom stereocenters. The lowest BCUT2D eigenvalue weighted by Crippen LogP contribution is -2.37. The van der Waals surface area contributed by atoms with Gasteiger partial charge in [-0.2, -0.15) is 5.10 Å². The van der Waals surface area contributed by atoms with Gasteiger partial charge in [-0.05, 0) is 42.5 Å². The number of amides is 1. The van der Waals surface area contributed by atoms with Crippen LogP contribution in [-0.4, -0.2) is 38.3 Å². The summed E-state index contributed by atoms with van der Waals surface area (Å²) < 4.78 is 14.8. The van der Waals surface area contributed by atoms with Crippen LogP contribution in [0.15, 0.2) is 30.3 Å². The normalized spacial score (nSPS) is 15.4. The van der Waals surface area contributed by atoms with Crippen LogP contribution >= 0.6 is 0 Å². The third kappa shape index (κ3) is 3.90. The largest absolute Gasteiger partial charge is 0.387 e. The van der Waals surface area contributed by atoms with Crippen molar-refractivity contribution in [1.82, 2.24) is 14.7 Å². The second kappa shape index (κ2) is 6.96. The summed E-state index contributed by atoms with van der Waals surface area (Å²) in [5.74, 6) is -0.231. The zero-order valence-electron chi connectivity index (χ0n) is 14.8. The van der Waals surface area contributed by atoms with Crippen LogP contribution in [0.3, 0.4) is 0 Å². The van der Waals surface area contributed by atoms with Gasteiger partial charge in [-0.1, -0.05) is 26.0 Å². The van der Waals surface area contributed by atoms with E-state index in [0.29, 0.717) is 11.3 Å². The molecular formula is C19H24FN3O2. The maximum Gasteiger partial charge on any atom is 0.274 e. The first kappa shape index (κ1) is 17.6. The number of aliphatic hydroxyl groups is 1. The predicted octanol–water partition coefficient (Wildman–Crippen LogP) is 3.02. The van der Waals surface area contributed by atoms with Crippen molar-refractivity contribution in [3.63, 3.8) is 0 Å². The Balaban J connectivity index is 1.78. The molecule has 0 aliphatic heterocycles. The molecule has 1 fully saturated rings. The van der Waals surface area contributed by atoms with Crippen molar-refractivity contribution in [2.75, 3.05) is 6.54 Å². The van der Waals surface area contributed by atoms with Crippen LogP contribution in [-0.2, 0) is 7.05 Å². The Morgan fingerprint density at radius 3 is 2.52 bits per heavy atom. The van der Waals surface area contributed by atoms with Gasteiger partial charge in [0.1, 0.15) is 5.82 Å². The summed E-state index contributed by atoms with van der Waals surface area (Å²) >= 11 is 0. The highest BCUT2D eigenvalue weighted by atomic mass is 19.1. The van der Waals surface area contributed by atoms with Crippen LogP contribution in [0.2, 0.25) is 0 Å². The predicted molar refractivity (Wildman–Crippen MR) is 92.7 cm³/mol. The molecule has 2 aromatic rings. The smallest absolute Gasteiger partial charge is 0.274 e. The fraction of sp³-hybridized carbons (Fsp3) is 0.474. The summed E-state index contributed by atoms with van der Waals surface area (Å²) in [6, 6.07) is 7.70. The molecule has 1 aliphatic rings. The van der Waals surface area contributed by atoms with Crippen LogP contribution in [0.25, 0.3) is 0 Å². The second-order valence-electron chi connectivity index (χ2n) is 6.99. The summed E-state index contributed by atoms with van der Waals surface area (Å²) in [5.41, 5.74) is 2.01. The van der Waals surface area contributed by atoms with E-state index in [-0.39, 0.29) is 30.2 Å². The van der Waals surface area contributed by atoms with Gasteiger partial charge < -0.3 is 10.0 Å². The molecule has 3 rings (SSSR count). The van der Waals surface area contributed by atoms with E-state index in [1.807, 2.05) is 13.1 Å². The highest BCUT2D eigenvalue weighted by Gasteiger charge is 2.35. The molecule has 5 nitrogen and oxygen atoms in total. The van der Waals surface area contributed by atoms with E-state index in [2.05, 4.69) is 18.9 Å². The van der Waals surface area contributed by atoms with Crippen LogP contribution in [0, 0.1) is 5.82 Å². The molecule has 0 bridgehead atoms. The molecule has 1 aliphatic carbocycles. The monoisotopic (exact) mass is 345 g/mol. The molecule has 1 aromatic heterocycles. The first-order valence-electron chi connectivity index (χ1n) is 8.65.